The molecule has 0 fully saturated rings. The Bertz CT molecular complexity index is 1520. The number of carbonyl (C=O) groups is 1. The van der Waals surface area contributed by atoms with Crippen LogP contribution in [0.4, 0.5) is 13.2 Å². The van der Waals surface area contributed by atoms with Gasteiger partial charge in [-0.05, 0) is 24.3 Å². The summed E-state index contributed by atoms with van der Waals surface area (Å²) in [6.45, 7) is 2.06. The maximum Gasteiger partial charge on any atom is 0.390 e. The van der Waals surface area contributed by atoms with Crippen molar-refractivity contribution in [1.29, 1.82) is 0 Å². The predicted molar refractivity (Wildman–Crippen MR) is 129 cm³/mol. The SMILES string of the molecule is CC(=O)O.CCc1nc(Cn2nc(-c3ccc(Cl)cc3)n(CCC(F)(F)F)c2=O)nn1-c1ncc[nH]c1=O. The molecule has 0 saturated carbocycles. The number of H-pyrrole nitrogens is 1. The molecule has 2 N–H and O–H groups in total. The third-order valence-corrected chi connectivity index (χ3v) is 5.11. The van der Waals surface area contributed by atoms with E-state index in [9.17, 15) is 22.8 Å². The highest BCUT2D eigenvalue weighted by Crippen LogP contribution is 2.23. The molecular formula is C22H22ClF3N8O4. The van der Waals surface area contributed by atoms with E-state index < -0.39 is 36.4 Å². The summed E-state index contributed by atoms with van der Waals surface area (Å²) in [5.41, 5.74) is -0.804. The number of aliphatic carboxylic acids is 1. The fraction of sp³-hybridized carbons (Fsp3) is 0.318. The summed E-state index contributed by atoms with van der Waals surface area (Å²) in [4.78, 5) is 44.9. The summed E-state index contributed by atoms with van der Waals surface area (Å²) in [5.74, 6) is -0.209. The Labute approximate surface area is 217 Å². The molecule has 0 radical (unpaired) electrons. The minimum absolute atomic E-state index is 0.00278. The average Bonchev–Trinajstić information content (AvgIpc) is 3.38. The van der Waals surface area contributed by atoms with Crippen molar-refractivity contribution in [3.05, 3.63) is 74.2 Å². The molecule has 0 atom stereocenters. The summed E-state index contributed by atoms with van der Waals surface area (Å²) in [5, 5.41) is 16.4. The topological polar surface area (TPSA) is 154 Å². The molecule has 3 aromatic heterocycles. The van der Waals surface area contributed by atoms with Gasteiger partial charge in [0.05, 0.1) is 6.42 Å². The molecular weight excluding hydrogens is 533 g/mol. The van der Waals surface area contributed by atoms with Gasteiger partial charge in [0.15, 0.2) is 11.6 Å². The van der Waals surface area contributed by atoms with Gasteiger partial charge < -0.3 is 10.1 Å². The van der Waals surface area contributed by atoms with Crippen molar-refractivity contribution in [2.24, 2.45) is 0 Å². The van der Waals surface area contributed by atoms with Crippen molar-refractivity contribution in [2.45, 2.75) is 46.0 Å². The van der Waals surface area contributed by atoms with Crippen LogP contribution >= 0.6 is 11.6 Å². The van der Waals surface area contributed by atoms with Crippen LogP contribution < -0.4 is 11.2 Å². The number of alkyl halides is 3. The maximum absolute atomic E-state index is 13.0. The second-order valence-corrected chi connectivity index (χ2v) is 8.19. The molecule has 0 aliphatic carbocycles. The van der Waals surface area contributed by atoms with E-state index in [0.29, 0.717) is 22.8 Å². The number of hydrogen-bond acceptors (Lipinski definition) is 7. The van der Waals surface area contributed by atoms with E-state index in [2.05, 4.69) is 25.1 Å². The van der Waals surface area contributed by atoms with Crippen molar-refractivity contribution in [1.82, 2.24) is 39.1 Å². The van der Waals surface area contributed by atoms with Gasteiger partial charge in [0.1, 0.15) is 12.4 Å². The molecule has 0 saturated heterocycles. The zero-order chi connectivity index (χ0) is 28.0. The minimum atomic E-state index is -4.45. The van der Waals surface area contributed by atoms with Gasteiger partial charge >= 0.3 is 11.9 Å². The smallest absolute Gasteiger partial charge is 0.390 e. The third-order valence-electron chi connectivity index (χ3n) is 4.86. The van der Waals surface area contributed by atoms with E-state index in [4.69, 9.17) is 21.5 Å². The molecule has 0 spiro atoms. The third kappa shape index (κ3) is 7.15. The Hall–Kier alpha value is -4.27. The number of halogens is 4. The van der Waals surface area contributed by atoms with Gasteiger partial charge in [-0.3, -0.25) is 14.2 Å². The van der Waals surface area contributed by atoms with Gasteiger partial charge in [-0.25, -0.2) is 19.4 Å². The molecule has 0 unspecified atom stereocenters. The van der Waals surface area contributed by atoms with E-state index in [1.54, 1.807) is 31.2 Å². The molecule has 0 aliphatic heterocycles. The number of hydrogen-bond donors (Lipinski definition) is 2. The predicted octanol–water partition coefficient (Wildman–Crippen LogP) is 2.68. The largest absolute Gasteiger partial charge is 0.481 e. The van der Waals surface area contributed by atoms with Crippen molar-refractivity contribution in [2.75, 3.05) is 0 Å². The molecule has 0 aliphatic rings. The molecule has 16 heteroatoms. The van der Waals surface area contributed by atoms with Crippen LogP contribution in [0.3, 0.4) is 0 Å². The Kier molecular flexibility index (Phi) is 8.83. The summed E-state index contributed by atoms with van der Waals surface area (Å²) < 4.78 is 41.8. The summed E-state index contributed by atoms with van der Waals surface area (Å²) in [6, 6.07) is 6.23. The number of carboxylic acid groups (broad SMARTS) is 1. The Morgan fingerprint density at radius 1 is 1.16 bits per heavy atom. The van der Waals surface area contributed by atoms with Gasteiger partial charge in [0.2, 0.25) is 5.82 Å². The number of aromatic amines is 1. The van der Waals surface area contributed by atoms with E-state index >= 15 is 0 Å². The normalized spacial score (nSPS) is 11.2. The van der Waals surface area contributed by atoms with Crippen LogP contribution in [-0.2, 0) is 24.3 Å². The van der Waals surface area contributed by atoms with Crippen LogP contribution in [-0.4, -0.2) is 56.3 Å². The van der Waals surface area contributed by atoms with Crippen LogP contribution in [0.25, 0.3) is 17.2 Å². The van der Waals surface area contributed by atoms with E-state index in [1.165, 1.54) is 17.1 Å². The molecule has 1 aromatic carbocycles. The molecule has 4 rings (SSSR count). The second-order valence-electron chi connectivity index (χ2n) is 7.76. The monoisotopic (exact) mass is 554 g/mol. The number of rotatable bonds is 7. The summed E-state index contributed by atoms with van der Waals surface area (Å²) >= 11 is 5.90. The van der Waals surface area contributed by atoms with Gasteiger partial charge in [0.25, 0.3) is 11.5 Å². The van der Waals surface area contributed by atoms with Crippen LogP contribution in [0.15, 0.2) is 46.2 Å². The Morgan fingerprint density at radius 2 is 1.82 bits per heavy atom. The Morgan fingerprint density at radius 3 is 2.39 bits per heavy atom. The molecule has 0 amide bonds. The lowest BCUT2D eigenvalue weighted by Crippen LogP contribution is -2.27. The maximum atomic E-state index is 13.0. The number of aromatic nitrogens is 8. The standard InChI is InChI=1S/C20H18ClF3N8O2.C2H4O2/c1-2-15-27-14(28-32(15)17-18(33)26-9-8-25-17)11-31-19(34)30(10-7-20(22,23)24)16(29-31)12-3-5-13(21)6-4-12;1-2(3)4/h3-6,8-9H,2,7,10-11H2,1H3,(H,26,33);1H3,(H,3,4). The first-order chi connectivity index (χ1) is 17.9. The molecule has 12 nitrogen and oxygen atoms in total. The van der Waals surface area contributed by atoms with E-state index in [-0.39, 0.29) is 24.0 Å². The first-order valence-electron chi connectivity index (χ1n) is 11.1. The highest BCUT2D eigenvalue weighted by molar-refractivity contribution is 6.30. The lowest BCUT2D eigenvalue weighted by molar-refractivity contribution is -0.137. The van der Waals surface area contributed by atoms with E-state index in [1.807, 2.05) is 0 Å². The van der Waals surface area contributed by atoms with Gasteiger partial charge in [0, 0.05) is 42.9 Å². The van der Waals surface area contributed by atoms with Gasteiger partial charge in [-0.15, -0.1) is 10.2 Å². The molecule has 3 heterocycles. The second kappa shape index (κ2) is 11.9. The number of nitrogens with zero attached hydrogens (tertiary/aromatic N) is 7. The number of nitrogens with one attached hydrogen (secondary N) is 1. The first kappa shape index (κ1) is 28.3. The first-order valence-corrected chi connectivity index (χ1v) is 11.5. The average molecular weight is 555 g/mol. The molecule has 0 bridgehead atoms. The lowest BCUT2D eigenvalue weighted by atomic mass is 10.2. The molecule has 38 heavy (non-hydrogen) atoms. The van der Waals surface area contributed by atoms with Crippen molar-refractivity contribution in [3.8, 4) is 17.2 Å². The van der Waals surface area contributed by atoms with Crippen LogP contribution in [0.2, 0.25) is 5.02 Å². The zero-order valence-electron chi connectivity index (χ0n) is 20.1. The molecule has 4 aromatic rings. The molecule has 202 valence electrons. The highest BCUT2D eigenvalue weighted by Gasteiger charge is 2.28. The number of aryl methyl sites for hydroxylation is 1. The fourth-order valence-corrected chi connectivity index (χ4v) is 3.41. The minimum Gasteiger partial charge on any atom is -0.481 e. The summed E-state index contributed by atoms with van der Waals surface area (Å²) in [7, 11) is 0. The van der Waals surface area contributed by atoms with Crippen molar-refractivity contribution < 1.29 is 23.1 Å². The lowest BCUT2D eigenvalue weighted by Gasteiger charge is -2.08. The number of carboxylic acids is 1. The van der Waals surface area contributed by atoms with Crippen molar-refractivity contribution in [3.63, 3.8) is 0 Å². The van der Waals surface area contributed by atoms with E-state index in [0.717, 1.165) is 16.2 Å². The van der Waals surface area contributed by atoms with Crippen LogP contribution in [0.5, 0.6) is 0 Å². The van der Waals surface area contributed by atoms with Gasteiger partial charge in [-0.2, -0.15) is 17.9 Å². The van der Waals surface area contributed by atoms with Crippen molar-refractivity contribution >= 4 is 17.6 Å². The summed E-state index contributed by atoms with van der Waals surface area (Å²) in [6.07, 6.45) is -2.48. The zero-order valence-corrected chi connectivity index (χ0v) is 20.9. The van der Waals surface area contributed by atoms with Crippen LogP contribution in [0, 0.1) is 0 Å². The Balaban J connectivity index is 0.000000934. The fourth-order valence-electron chi connectivity index (χ4n) is 3.28. The highest BCUT2D eigenvalue weighted by atomic mass is 35.5. The number of benzene rings is 1. The van der Waals surface area contributed by atoms with Gasteiger partial charge in [-0.1, -0.05) is 18.5 Å². The quantitative estimate of drug-likeness (QED) is 0.353. The van der Waals surface area contributed by atoms with Crippen LogP contribution in [0.1, 0.15) is 31.9 Å².